The molecule has 5 aromatic rings. The number of piperazine rings is 1. The molecule has 5 heterocycles. The van der Waals surface area contributed by atoms with E-state index in [-0.39, 0.29) is 22.4 Å². The van der Waals surface area contributed by atoms with Gasteiger partial charge in [-0.3, -0.25) is 4.79 Å². The second-order valence-electron chi connectivity index (χ2n) is 9.77. The highest BCUT2D eigenvalue weighted by Gasteiger charge is 2.27. The van der Waals surface area contributed by atoms with Crippen LogP contribution in [0.15, 0.2) is 35.5 Å². The zero-order chi connectivity index (χ0) is 27.6. The average Bonchev–Trinajstić information content (AvgIpc) is 3.31. The van der Waals surface area contributed by atoms with Gasteiger partial charge in [-0.2, -0.15) is 0 Å². The Bertz CT molecular complexity index is 1880. The number of aromatic nitrogens is 4. The van der Waals surface area contributed by atoms with Gasteiger partial charge in [-0.1, -0.05) is 0 Å². The number of carbonyl (C=O) groups is 1. The van der Waals surface area contributed by atoms with Gasteiger partial charge in [-0.05, 0) is 13.0 Å². The molecule has 4 aromatic heterocycles. The number of carboxylic acids is 1. The number of aromatic amines is 1. The summed E-state index contributed by atoms with van der Waals surface area (Å²) < 4.78 is 31.7. The predicted octanol–water partition coefficient (Wildman–Crippen LogP) is 3.45. The first kappa shape index (κ1) is 24.7. The molecular weight excluding hydrogens is 508 g/mol. The quantitative estimate of drug-likeness (QED) is 0.277. The first-order valence-electron chi connectivity index (χ1n) is 12.4. The van der Waals surface area contributed by atoms with Crippen LogP contribution in [0.25, 0.3) is 44.1 Å². The zero-order valence-electron chi connectivity index (χ0n) is 21.4. The number of carboxylic acid groups (broad SMARTS) is 1. The number of rotatable bonds is 4. The summed E-state index contributed by atoms with van der Waals surface area (Å²) in [5.74, 6) is -3.32. The van der Waals surface area contributed by atoms with E-state index in [0.29, 0.717) is 64.3 Å². The number of aromatic carboxylic acids is 1. The molecule has 0 aliphatic carbocycles. The number of aryl methyl sites for hydroxylation is 1. The van der Waals surface area contributed by atoms with Crippen LogP contribution in [0.5, 0.6) is 0 Å². The van der Waals surface area contributed by atoms with Crippen LogP contribution in [0.1, 0.15) is 17.3 Å². The van der Waals surface area contributed by atoms with Crippen molar-refractivity contribution in [1.29, 1.82) is 0 Å². The van der Waals surface area contributed by atoms with Crippen molar-refractivity contribution in [1.82, 2.24) is 24.8 Å². The van der Waals surface area contributed by atoms with Crippen molar-refractivity contribution in [3.05, 3.63) is 58.1 Å². The van der Waals surface area contributed by atoms with Crippen LogP contribution in [0, 0.1) is 11.6 Å². The van der Waals surface area contributed by atoms with Gasteiger partial charge in [0.05, 0.1) is 33.1 Å². The van der Waals surface area contributed by atoms with E-state index < -0.39 is 23.0 Å². The fourth-order valence-electron chi connectivity index (χ4n) is 5.48. The van der Waals surface area contributed by atoms with Crippen molar-refractivity contribution in [2.24, 2.45) is 7.05 Å². The molecule has 1 atom stereocenters. The molecule has 200 valence electrons. The number of hydrogen-bond acceptors (Lipinski definition) is 7. The van der Waals surface area contributed by atoms with E-state index in [1.807, 2.05) is 6.92 Å². The lowest BCUT2D eigenvalue weighted by Gasteiger charge is -2.35. The molecule has 1 fully saturated rings. The summed E-state index contributed by atoms with van der Waals surface area (Å²) in [6.07, 6.45) is 4.43. The minimum absolute atomic E-state index is 0.0720. The fraction of sp³-hybridized carbons (Fsp3) is 0.259. The Balaban J connectivity index is 1.72. The second-order valence-corrected chi connectivity index (χ2v) is 9.77. The molecule has 1 aliphatic heterocycles. The first-order chi connectivity index (χ1) is 18.7. The van der Waals surface area contributed by atoms with Gasteiger partial charge in [0.1, 0.15) is 16.9 Å². The maximum Gasteiger partial charge on any atom is 0.341 e. The third-order valence-electron chi connectivity index (χ3n) is 7.27. The van der Waals surface area contributed by atoms with Crippen LogP contribution in [-0.4, -0.2) is 63.3 Å². The smallest absolute Gasteiger partial charge is 0.341 e. The monoisotopic (exact) mass is 533 g/mol. The molecule has 12 heteroatoms. The first-order valence-corrected chi connectivity index (χ1v) is 12.4. The Morgan fingerprint density at radius 3 is 2.72 bits per heavy atom. The molecule has 1 saturated heterocycles. The van der Waals surface area contributed by atoms with Crippen LogP contribution in [0.2, 0.25) is 0 Å². The van der Waals surface area contributed by atoms with Gasteiger partial charge in [0.15, 0.2) is 11.6 Å². The Kier molecular flexibility index (Phi) is 5.72. The largest absolute Gasteiger partial charge is 0.477 e. The lowest BCUT2D eigenvalue weighted by molar-refractivity contribution is 0.0695. The topological polar surface area (TPSA) is 128 Å². The summed E-state index contributed by atoms with van der Waals surface area (Å²) in [5.41, 5.74) is 2.13. The number of fused-ring (bicyclic) bond motifs is 4. The average molecular weight is 534 g/mol. The van der Waals surface area contributed by atoms with Gasteiger partial charge in [0.2, 0.25) is 5.43 Å². The number of benzene rings is 1. The molecule has 1 aliphatic rings. The van der Waals surface area contributed by atoms with E-state index in [9.17, 15) is 19.1 Å². The van der Waals surface area contributed by atoms with E-state index in [2.05, 4.69) is 30.5 Å². The molecule has 1 aromatic carbocycles. The molecule has 0 unspecified atom stereocenters. The molecule has 39 heavy (non-hydrogen) atoms. The predicted molar refractivity (Wildman–Crippen MR) is 146 cm³/mol. The van der Waals surface area contributed by atoms with Crippen LogP contribution in [0.4, 0.5) is 20.2 Å². The van der Waals surface area contributed by atoms with Gasteiger partial charge >= 0.3 is 5.97 Å². The molecule has 0 amide bonds. The number of hydrogen-bond donors (Lipinski definition) is 4. The molecule has 6 rings (SSSR count). The molecule has 4 N–H and O–H groups in total. The Morgan fingerprint density at radius 1 is 1.21 bits per heavy atom. The van der Waals surface area contributed by atoms with E-state index in [1.54, 1.807) is 32.6 Å². The standard InChI is InChI=1S/C27H25F2N7O3/c1-12-10-36(5-4-31-12)23-15(13-6-14-24(37)16(27(38)39)11-35(3)26(14)33-8-13)9-32-25-20(23)19-21(29)17(28)7-18(30-2)22(19)34-25/h6-9,11-12,30-31H,4-5,10H2,1-3H3,(H,32,34)(H,38,39)/t12-/m0/s1. The summed E-state index contributed by atoms with van der Waals surface area (Å²) in [4.78, 5) is 39.0. The fourth-order valence-corrected chi connectivity index (χ4v) is 5.48. The lowest BCUT2D eigenvalue weighted by atomic mass is 10.00. The highest BCUT2D eigenvalue weighted by Crippen LogP contribution is 2.43. The second kappa shape index (κ2) is 9.02. The van der Waals surface area contributed by atoms with Gasteiger partial charge < -0.3 is 30.2 Å². The van der Waals surface area contributed by atoms with Crippen LogP contribution >= 0.6 is 0 Å². The summed E-state index contributed by atoms with van der Waals surface area (Å²) in [6, 6.07) is 2.80. The molecule has 10 nitrogen and oxygen atoms in total. The maximum atomic E-state index is 15.5. The van der Waals surface area contributed by atoms with Gasteiger partial charge in [-0.15, -0.1) is 0 Å². The Hall–Kier alpha value is -4.58. The van der Waals surface area contributed by atoms with Crippen molar-refractivity contribution in [2.75, 3.05) is 36.9 Å². The van der Waals surface area contributed by atoms with Crippen molar-refractivity contribution in [3.8, 4) is 11.1 Å². The number of H-pyrrole nitrogens is 1. The van der Waals surface area contributed by atoms with Crippen molar-refractivity contribution >= 4 is 50.3 Å². The Morgan fingerprint density at radius 2 is 2.00 bits per heavy atom. The van der Waals surface area contributed by atoms with Crippen LogP contribution < -0.4 is 21.0 Å². The summed E-state index contributed by atoms with van der Waals surface area (Å²) in [5, 5.41) is 16.4. The SMILES string of the molecule is CNc1cc(F)c(F)c2c1[nH]c1ncc(-c3cnc4c(c3)c(=O)c(C(=O)O)cn4C)c(N3CCN[C@@H](C)C3)c12. The lowest BCUT2D eigenvalue weighted by Crippen LogP contribution is -2.49. The highest BCUT2D eigenvalue weighted by molar-refractivity contribution is 6.18. The van der Waals surface area contributed by atoms with E-state index in [4.69, 9.17) is 0 Å². The molecule has 0 spiro atoms. The van der Waals surface area contributed by atoms with Crippen LogP contribution in [0.3, 0.4) is 0 Å². The number of anilines is 2. The third kappa shape index (κ3) is 3.78. The maximum absolute atomic E-state index is 15.5. The van der Waals surface area contributed by atoms with E-state index in [1.165, 1.54) is 10.8 Å². The number of pyridine rings is 3. The summed E-state index contributed by atoms with van der Waals surface area (Å²) in [6.45, 7) is 3.88. The minimum atomic E-state index is -1.34. The molecule has 0 bridgehead atoms. The van der Waals surface area contributed by atoms with Gasteiger partial charge in [0, 0.05) is 75.6 Å². The van der Waals surface area contributed by atoms with E-state index in [0.717, 1.165) is 6.07 Å². The van der Waals surface area contributed by atoms with Gasteiger partial charge in [-0.25, -0.2) is 23.5 Å². The highest BCUT2D eigenvalue weighted by atomic mass is 19.2. The Labute approximate surface area is 220 Å². The molecule has 0 saturated carbocycles. The zero-order valence-corrected chi connectivity index (χ0v) is 21.4. The van der Waals surface area contributed by atoms with Crippen molar-refractivity contribution < 1.29 is 18.7 Å². The normalized spacial score (nSPS) is 15.9. The number of nitrogens with one attached hydrogen (secondary N) is 3. The summed E-state index contributed by atoms with van der Waals surface area (Å²) in [7, 11) is 3.24. The van der Waals surface area contributed by atoms with Crippen molar-refractivity contribution in [3.63, 3.8) is 0 Å². The third-order valence-corrected chi connectivity index (χ3v) is 7.27. The number of nitrogens with zero attached hydrogens (tertiary/aromatic N) is 4. The molecule has 0 radical (unpaired) electrons. The summed E-state index contributed by atoms with van der Waals surface area (Å²) >= 11 is 0. The van der Waals surface area contributed by atoms with Gasteiger partial charge in [0.25, 0.3) is 0 Å². The van der Waals surface area contributed by atoms with Crippen LogP contribution in [-0.2, 0) is 7.05 Å². The van der Waals surface area contributed by atoms with E-state index >= 15 is 4.39 Å². The molecular formula is C27H25F2N7O3. The minimum Gasteiger partial charge on any atom is -0.477 e. The number of halogens is 2. The van der Waals surface area contributed by atoms with Crippen molar-refractivity contribution in [2.45, 2.75) is 13.0 Å².